The van der Waals surface area contributed by atoms with Crippen LogP contribution in [0.2, 0.25) is 38.8 Å². The molecule has 1 aliphatic carbocycles. The Labute approximate surface area is 155 Å². The van der Waals surface area contributed by atoms with Crippen LogP contribution in [0.4, 0.5) is 0 Å². The fourth-order valence-electron chi connectivity index (χ4n) is 4.59. The minimum absolute atomic E-state index is 0.489. The zero-order chi connectivity index (χ0) is 18.1. The second-order valence-corrected chi connectivity index (χ2v) is 18.7. The van der Waals surface area contributed by atoms with Crippen molar-refractivity contribution in [3.63, 3.8) is 0 Å². The minimum atomic E-state index is -1.42. The first kappa shape index (κ1) is 19.1. The van der Waals surface area contributed by atoms with Gasteiger partial charge in [0.1, 0.15) is 0 Å². The van der Waals surface area contributed by atoms with E-state index >= 15 is 0 Å². The van der Waals surface area contributed by atoms with Gasteiger partial charge in [0.25, 0.3) is 0 Å². The lowest BCUT2D eigenvalue weighted by molar-refractivity contribution is 0.102. The van der Waals surface area contributed by atoms with E-state index in [1.807, 2.05) is 0 Å². The van der Waals surface area contributed by atoms with E-state index in [1.165, 1.54) is 18.0 Å². The molecule has 2 fully saturated rings. The third-order valence-corrected chi connectivity index (χ3v) is 9.04. The van der Waals surface area contributed by atoms with Gasteiger partial charge in [-0.2, -0.15) is 0 Å². The number of hydrogen-bond acceptors (Lipinski definition) is 2. The van der Waals surface area contributed by atoms with Crippen molar-refractivity contribution in [2.24, 2.45) is 11.8 Å². The highest BCUT2D eigenvalue weighted by atomic mass is 28.4. The molecule has 4 heteroatoms. The van der Waals surface area contributed by atoms with Gasteiger partial charge in [0, 0.05) is 6.61 Å². The lowest BCUT2D eigenvalue weighted by Gasteiger charge is -2.23. The summed E-state index contributed by atoms with van der Waals surface area (Å²) in [6.45, 7) is 13.7. The molecule has 1 saturated carbocycles. The molecule has 3 atom stereocenters. The van der Waals surface area contributed by atoms with E-state index < -0.39 is 16.4 Å². The molecule has 2 aliphatic rings. The van der Waals surface area contributed by atoms with Crippen LogP contribution in [0.1, 0.15) is 18.4 Å². The Morgan fingerprint density at radius 2 is 1.92 bits per heavy atom. The van der Waals surface area contributed by atoms with Gasteiger partial charge < -0.3 is 9.16 Å². The number of fused-ring (bicyclic) bond motifs is 1. The molecule has 1 aromatic rings. The highest BCUT2D eigenvalue weighted by Gasteiger charge is 2.50. The molecule has 0 radical (unpaired) electrons. The van der Waals surface area contributed by atoms with Gasteiger partial charge in [0.15, 0.2) is 8.32 Å². The van der Waals surface area contributed by atoms with Crippen LogP contribution in [0.25, 0.3) is 0 Å². The summed E-state index contributed by atoms with van der Waals surface area (Å²) in [4.78, 5) is 0. The van der Waals surface area contributed by atoms with Gasteiger partial charge in [-0.15, -0.1) is 0 Å². The minimum Gasteiger partial charge on any atom is -0.414 e. The Morgan fingerprint density at radius 3 is 2.60 bits per heavy atom. The molecule has 3 rings (SSSR count). The molecular weight excluding hydrogens is 340 g/mol. The van der Waals surface area contributed by atoms with Crippen molar-refractivity contribution in [1.82, 2.24) is 0 Å². The van der Waals surface area contributed by atoms with Crippen molar-refractivity contribution in [2.45, 2.75) is 64.3 Å². The zero-order valence-corrected chi connectivity index (χ0v) is 18.5. The average Bonchev–Trinajstić information content (AvgIpc) is 2.95. The monoisotopic (exact) mass is 374 g/mol. The van der Waals surface area contributed by atoms with Gasteiger partial charge in [-0.25, -0.2) is 0 Å². The first-order chi connectivity index (χ1) is 11.7. The quantitative estimate of drug-likeness (QED) is 0.474. The average molecular weight is 375 g/mol. The van der Waals surface area contributed by atoms with E-state index in [0.29, 0.717) is 12.0 Å². The van der Waals surface area contributed by atoms with E-state index in [4.69, 9.17) is 9.16 Å². The van der Waals surface area contributed by atoms with Crippen LogP contribution in [0.15, 0.2) is 41.6 Å². The van der Waals surface area contributed by atoms with Crippen LogP contribution in [0.5, 0.6) is 0 Å². The van der Waals surface area contributed by atoms with Gasteiger partial charge in [0.2, 0.25) is 0 Å². The number of rotatable bonds is 6. The number of benzene rings is 1. The van der Waals surface area contributed by atoms with Gasteiger partial charge in [0.05, 0.1) is 20.8 Å². The molecule has 0 amide bonds. The molecule has 138 valence electrons. The summed E-state index contributed by atoms with van der Waals surface area (Å²) in [5.74, 6) is 1.42. The van der Waals surface area contributed by atoms with Crippen molar-refractivity contribution in [3.05, 3.63) is 47.2 Å². The van der Waals surface area contributed by atoms with Crippen molar-refractivity contribution >= 4 is 16.4 Å². The van der Waals surface area contributed by atoms with Crippen molar-refractivity contribution in [2.75, 3.05) is 6.61 Å². The lowest BCUT2D eigenvalue weighted by Crippen LogP contribution is -2.27. The SMILES string of the molecule is C[Si](C)(C)/C=C1\C[C@@H]2O[Si](C)(C)C[C@@H]2[C@@H]1CCOCc1ccccc1. The Bertz CT molecular complexity index is 604. The second-order valence-electron chi connectivity index (χ2n) is 9.51. The third kappa shape index (κ3) is 5.16. The summed E-state index contributed by atoms with van der Waals surface area (Å²) in [7, 11) is -2.62. The highest BCUT2D eigenvalue weighted by molar-refractivity contribution is 6.81. The standard InChI is InChI=1S/C21H34O2Si2/c1-24(2,3)15-18-13-21-20(16-25(4,5)23-21)19(18)11-12-22-14-17-9-7-6-8-10-17/h6-10,15,19-21H,11-14,16H2,1-5H3/b18-15+/t19-,20-,21+/m1/s1. The molecular formula is C21H34O2Si2. The summed E-state index contributed by atoms with van der Waals surface area (Å²) < 4.78 is 12.5. The molecule has 0 unspecified atom stereocenters. The van der Waals surface area contributed by atoms with Gasteiger partial charge in [-0.3, -0.25) is 0 Å². The highest BCUT2D eigenvalue weighted by Crippen LogP contribution is 2.50. The van der Waals surface area contributed by atoms with Crippen LogP contribution in [0, 0.1) is 11.8 Å². The summed E-state index contributed by atoms with van der Waals surface area (Å²) in [5, 5.41) is 0. The third-order valence-electron chi connectivity index (χ3n) is 5.41. The zero-order valence-electron chi connectivity index (χ0n) is 16.5. The largest absolute Gasteiger partial charge is 0.414 e. The van der Waals surface area contributed by atoms with Crippen molar-refractivity contribution in [1.29, 1.82) is 0 Å². The molecule has 1 aliphatic heterocycles. The molecule has 0 spiro atoms. The molecule has 1 heterocycles. The van der Waals surface area contributed by atoms with E-state index in [1.54, 1.807) is 5.57 Å². The molecule has 0 bridgehead atoms. The maximum atomic E-state index is 6.50. The van der Waals surface area contributed by atoms with E-state index in [9.17, 15) is 0 Å². The van der Waals surface area contributed by atoms with E-state index in [0.717, 1.165) is 25.6 Å². The molecule has 1 aromatic carbocycles. The van der Waals surface area contributed by atoms with Crippen molar-refractivity contribution in [3.8, 4) is 0 Å². The lowest BCUT2D eigenvalue weighted by atomic mass is 9.92. The molecule has 2 nitrogen and oxygen atoms in total. The van der Waals surface area contributed by atoms with Crippen LogP contribution in [-0.4, -0.2) is 29.1 Å². The summed E-state index contributed by atoms with van der Waals surface area (Å²) in [6.07, 6.45) is 2.82. The van der Waals surface area contributed by atoms with Crippen molar-refractivity contribution < 1.29 is 9.16 Å². The number of ether oxygens (including phenoxy) is 1. The first-order valence-corrected chi connectivity index (χ1v) is 16.4. The molecule has 0 aromatic heterocycles. The molecule has 1 saturated heterocycles. The second kappa shape index (κ2) is 7.51. The van der Waals surface area contributed by atoms with Crippen LogP contribution in [-0.2, 0) is 15.8 Å². The Hall–Kier alpha value is -0.686. The topological polar surface area (TPSA) is 18.5 Å². The fraction of sp³-hybridized carbons (Fsp3) is 0.619. The molecule has 25 heavy (non-hydrogen) atoms. The van der Waals surface area contributed by atoms with Gasteiger partial charge >= 0.3 is 0 Å². The summed E-state index contributed by atoms with van der Waals surface area (Å²) in [5.41, 5.74) is 5.59. The fourth-order valence-corrected chi connectivity index (χ4v) is 8.89. The normalized spacial score (nSPS) is 30.0. The summed E-state index contributed by atoms with van der Waals surface area (Å²) in [6, 6.07) is 11.8. The van der Waals surface area contributed by atoms with E-state index in [2.05, 4.69) is 68.8 Å². The van der Waals surface area contributed by atoms with Gasteiger partial charge in [-0.1, -0.05) is 61.2 Å². The Morgan fingerprint density at radius 1 is 1.20 bits per heavy atom. The maximum Gasteiger partial charge on any atom is 0.187 e. The number of hydrogen-bond donors (Lipinski definition) is 0. The molecule has 0 N–H and O–H groups in total. The van der Waals surface area contributed by atoms with Gasteiger partial charge in [-0.05, 0) is 49.4 Å². The summed E-state index contributed by atoms with van der Waals surface area (Å²) >= 11 is 0. The van der Waals surface area contributed by atoms with E-state index in [-0.39, 0.29) is 0 Å². The smallest absolute Gasteiger partial charge is 0.187 e. The predicted octanol–water partition coefficient (Wildman–Crippen LogP) is 5.64. The maximum absolute atomic E-state index is 6.50. The Kier molecular flexibility index (Phi) is 5.73. The predicted molar refractivity (Wildman–Crippen MR) is 111 cm³/mol. The Balaban J connectivity index is 1.61. The van der Waals surface area contributed by atoms with Crippen LogP contribution < -0.4 is 0 Å². The van der Waals surface area contributed by atoms with Crippen LogP contribution in [0.3, 0.4) is 0 Å². The van der Waals surface area contributed by atoms with Crippen LogP contribution >= 0.6 is 0 Å². The first-order valence-electron chi connectivity index (χ1n) is 9.75.